The number of hydrogen-bond donors (Lipinski definition) is 1. The van der Waals surface area contributed by atoms with Crippen molar-refractivity contribution in [2.45, 2.75) is 19.9 Å². The molecule has 3 aromatic rings. The molecule has 2 heterocycles. The fraction of sp³-hybridized carbons (Fsp3) is 0.238. The van der Waals surface area contributed by atoms with Gasteiger partial charge in [-0.1, -0.05) is 35.8 Å². The summed E-state index contributed by atoms with van der Waals surface area (Å²) in [4.78, 5) is 30.3. The molecule has 8 nitrogen and oxygen atoms in total. The Bertz CT molecular complexity index is 1080. The summed E-state index contributed by atoms with van der Waals surface area (Å²) >= 11 is 5.86. The average molecular weight is 427 g/mol. The number of ether oxygens (including phenoxy) is 1. The van der Waals surface area contributed by atoms with E-state index in [0.29, 0.717) is 35.1 Å². The van der Waals surface area contributed by atoms with Crippen molar-refractivity contribution in [3.8, 4) is 17.1 Å². The molecular weight excluding hydrogens is 408 g/mol. The Balaban J connectivity index is 1.48. The van der Waals surface area contributed by atoms with Crippen LogP contribution in [0.2, 0.25) is 5.02 Å². The Labute approximate surface area is 177 Å². The zero-order valence-corrected chi connectivity index (χ0v) is 17.0. The van der Waals surface area contributed by atoms with Crippen molar-refractivity contribution in [2.75, 3.05) is 18.1 Å². The summed E-state index contributed by atoms with van der Waals surface area (Å²) in [6, 6.07) is 12.4. The smallest absolute Gasteiger partial charge is 0.316 e. The van der Waals surface area contributed by atoms with E-state index in [9.17, 15) is 9.59 Å². The van der Waals surface area contributed by atoms with Crippen molar-refractivity contribution in [3.05, 3.63) is 58.9 Å². The van der Waals surface area contributed by atoms with Crippen LogP contribution in [-0.4, -0.2) is 35.1 Å². The average Bonchev–Trinajstić information content (AvgIpc) is 3.25. The van der Waals surface area contributed by atoms with E-state index in [4.69, 9.17) is 20.9 Å². The van der Waals surface area contributed by atoms with Crippen molar-refractivity contribution in [2.24, 2.45) is 0 Å². The van der Waals surface area contributed by atoms with Crippen LogP contribution in [0.4, 0.5) is 5.69 Å². The zero-order chi connectivity index (χ0) is 21.1. The molecule has 0 fully saturated rings. The molecule has 0 bridgehead atoms. The van der Waals surface area contributed by atoms with Crippen LogP contribution in [-0.2, 0) is 11.3 Å². The van der Waals surface area contributed by atoms with Gasteiger partial charge in [-0.15, -0.1) is 0 Å². The lowest BCUT2D eigenvalue weighted by atomic mass is 10.1. The number of aromatic nitrogens is 2. The summed E-state index contributed by atoms with van der Waals surface area (Å²) in [6.45, 7) is 2.92. The SMILES string of the molecule is CCCN1C(=O)COc2cc(-c3noc(C(=O)NCc4ccc(Cl)cc4)n3)ccc21. The molecule has 2 amide bonds. The summed E-state index contributed by atoms with van der Waals surface area (Å²) in [7, 11) is 0. The third kappa shape index (κ3) is 4.13. The first-order valence-electron chi connectivity index (χ1n) is 9.49. The quantitative estimate of drug-likeness (QED) is 0.648. The topological polar surface area (TPSA) is 97.6 Å². The van der Waals surface area contributed by atoms with Crippen LogP contribution in [0.1, 0.15) is 29.6 Å². The number of halogens is 1. The van der Waals surface area contributed by atoms with Gasteiger partial charge in [-0.05, 0) is 42.3 Å². The first-order valence-corrected chi connectivity index (χ1v) is 9.87. The molecule has 154 valence electrons. The first-order chi connectivity index (χ1) is 14.5. The van der Waals surface area contributed by atoms with E-state index in [2.05, 4.69) is 15.5 Å². The van der Waals surface area contributed by atoms with Crippen molar-refractivity contribution in [3.63, 3.8) is 0 Å². The van der Waals surface area contributed by atoms with Crippen molar-refractivity contribution < 1.29 is 18.8 Å². The molecule has 9 heteroatoms. The van der Waals surface area contributed by atoms with E-state index in [1.54, 1.807) is 35.2 Å². The number of benzene rings is 2. The summed E-state index contributed by atoms with van der Waals surface area (Å²) in [5.41, 5.74) is 2.23. The van der Waals surface area contributed by atoms with Gasteiger partial charge in [0.05, 0.1) is 5.69 Å². The third-order valence-corrected chi connectivity index (χ3v) is 4.85. The largest absolute Gasteiger partial charge is 0.482 e. The Morgan fingerprint density at radius 2 is 2.03 bits per heavy atom. The molecule has 2 aromatic carbocycles. The van der Waals surface area contributed by atoms with Crippen molar-refractivity contribution in [1.82, 2.24) is 15.5 Å². The van der Waals surface area contributed by atoms with Crippen LogP contribution in [0, 0.1) is 0 Å². The van der Waals surface area contributed by atoms with Gasteiger partial charge in [-0.25, -0.2) is 0 Å². The standard InChI is InChI=1S/C21H19ClN4O4/c1-2-9-26-16-8-5-14(10-17(16)29-12-18(26)27)19-24-21(30-25-19)20(28)23-11-13-3-6-15(22)7-4-13/h3-8,10H,2,9,11-12H2,1H3,(H,23,28). The van der Waals surface area contributed by atoms with E-state index in [1.165, 1.54) is 0 Å². The molecule has 0 unspecified atom stereocenters. The van der Waals surface area contributed by atoms with Gasteiger partial charge < -0.3 is 19.5 Å². The minimum absolute atomic E-state index is 0.0128. The number of amides is 2. The number of hydrogen-bond acceptors (Lipinski definition) is 6. The van der Waals surface area contributed by atoms with Gasteiger partial charge in [0.25, 0.3) is 5.91 Å². The highest BCUT2D eigenvalue weighted by Gasteiger charge is 2.26. The van der Waals surface area contributed by atoms with E-state index in [0.717, 1.165) is 12.0 Å². The monoisotopic (exact) mass is 426 g/mol. The van der Waals surface area contributed by atoms with Crippen LogP contribution in [0.15, 0.2) is 47.0 Å². The van der Waals surface area contributed by atoms with Crippen molar-refractivity contribution in [1.29, 1.82) is 0 Å². The van der Waals surface area contributed by atoms with Crippen LogP contribution in [0.5, 0.6) is 5.75 Å². The van der Waals surface area contributed by atoms with Gasteiger partial charge in [0.15, 0.2) is 6.61 Å². The lowest BCUT2D eigenvalue weighted by molar-refractivity contribution is -0.121. The molecule has 30 heavy (non-hydrogen) atoms. The van der Waals surface area contributed by atoms with Crippen molar-refractivity contribution >= 4 is 29.1 Å². The predicted octanol–water partition coefficient (Wildman–Crippen LogP) is 3.46. The van der Waals surface area contributed by atoms with Crippen LogP contribution in [0.3, 0.4) is 0 Å². The molecule has 4 rings (SSSR count). The van der Waals surface area contributed by atoms with Gasteiger partial charge in [0, 0.05) is 23.7 Å². The van der Waals surface area contributed by atoms with Gasteiger partial charge in [-0.2, -0.15) is 4.98 Å². The fourth-order valence-corrected chi connectivity index (χ4v) is 3.23. The summed E-state index contributed by atoms with van der Waals surface area (Å²) < 4.78 is 10.7. The Morgan fingerprint density at radius 1 is 1.23 bits per heavy atom. The molecule has 0 aliphatic carbocycles. The highest BCUT2D eigenvalue weighted by molar-refractivity contribution is 6.30. The molecule has 1 N–H and O–H groups in total. The molecule has 0 radical (unpaired) electrons. The number of carbonyl (C=O) groups is 2. The highest BCUT2D eigenvalue weighted by Crippen LogP contribution is 2.35. The van der Waals surface area contributed by atoms with E-state index < -0.39 is 5.91 Å². The molecular formula is C21H19ClN4O4. The number of fused-ring (bicyclic) bond motifs is 1. The maximum Gasteiger partial charge on any atom is 0.316 e. The molecule has 0 atom stereocenters. The zero-order valence-electron chi connectivity index (χ0n) is 16.2. The Kier molecular flexibility index (Phi) is 5.67. The van der Waals surface area contributed by atoms with Gasteiger partial charge in [-0.3, -0.25) is 9.59 Å². The Hall–Kier alpha value is -3.39. The number of anilines is 1. The van der Waals surface area contributed by atoms with E-state index >= 15 is 0 Å². The molecule has 0 saturated heterocycles. The van der Waals surface area contributed by atoms with Gasteiger partial charge in [0.2, 0.25) is 5.82 Å². The minimum Gasteiger partial charge on any atom is -0.482 e. The minimum atomic E-state index is -0.474. The third-order valence-electron chi connectivity index (χ3n) is 4.59. The molecule has 1 aliphatic heterocycles. The number of carbonyl (C=O) groups excluding carboxylic acids is 2. The number of nitrogens with zero attached hydrogens (tertiary/aromatic N) is 3. The summed E-state index contributed by atoms with van der Waals surface area (Å²) in [6.07, 6.45) is 0.840. The number of nitrogens with one attached hydrogen (secondary N) is 1. The summed E-state index contributed by atoms with van der Waals surface area (Å²) in [5, 5.41) is 7.25. The normalized spacial score (nSPS) is 13.0. The second-order valence-corrected chi connectivity index (χ2v) is 7.19. The van der Waals surface area contributed by atoms with Gasteiger partial charge >= 0.3 is 11.8 Å². The lowest BCUT2D eigenvalue weighted by Crippen LogP contribution is -2.39. The maximum atomic E-state index is 12.3. The fourth-order valence-electron chi connectivity index (χ4n) is 3.11. The second kappa shape index (κ2) is 8.54. The molecule has 0 saturated carbocycles. The summed E-state index contributed by atoms with van der Waals surface area (Å²) in [5.74, 6) is 0.144. The maximum absolute atomic E-state index is 12.3. The number of rotatable bonds is 6. The molecule has 1 aliphatic rings. The van der Waals surface area contributed by atoms with Crippen LogP contribution >= 0.6 is 11.6 Å². The lowest BCUT2D eigenvalue weighted by Gasteiger charge is -2.29. The second-order valence-electron chi connectivity index (χ2n) is 6.75. The van der Waals surface area contributed by atoms with Gasteiger partial charge in [0.1, 0.15) is 5.75 Å². The van der Waals surface area contributed by atoms with Crippen LogP contribution in [0.25, 0.3) is 11.4 Å². The first kappa shape index (κ1) is 19.9. The van der Waals surface area contributed by atoms with Crippen LogP contribution < -0.4 is 15.0 Å². The molecule has 0 spiro atoms. The van der Waals surface area contributed by atoms with E-state index in [-0.39, 0.29) is 24.2 Å². The highest BCUT2D eigenvalue weighted by atomic mass is 35.5. The van der Waals surface area contributed by atoms with E-state index in [1.807, 2.05) is 19.1 Å². The Morgan fingerprint density at radius 3 is 2.80 bits per heavy atom. The predicted molar refractivity (Wildman–Crippen MR) is 110 cm³/mol. The molecule has 1 aromatic heterocycles.